The first-order chi connectivity index (χ1) is 10.7. The first kappa shape index (κ1) is 12.4. The maximum absolute atomic E-state index is 2.83. The second-order valence-electron chi connectivity index (χ2n) is 12.8. The van der Waals surface area contributed by atoms with Crippen molar-refractivity contribution < 1.29 is 0 Å². The molecule has 0 radical (unpaired) electrons. The summed E-state index contributed by atoms with van der Waals surface area (Å²) in [5.41, 5.74) is 4.51. The number of hydrogen-bond acceptors (Lipinski definition) is 0. The topological polar surface area (TPSA) is 0 Å². The van der Waals surface area contributed by atoms with E-state index in [4.69, 9.17) is 0 Å². The summed E-state index contributed by atoms with van der Waals surface area (Å²) in [6.07, 6.45) is 8.28. The van der Waals surface area contributed by atoms with Gasteiger partial charge < -0.3 is 0 Å². The molecule has 13 atom stereocenters. The Bertz CT molecular complexity index is 738. The molecule has 124 valence electrons. The molecule has 0 N–H and O–H groups in total. The van der Waals surface area contributed by atoms with Crippen LogP contribution in [0.5, 0.6) is 0 Å². The van der Waals surface area contributed by atoms with Gasteiger partial charge in [-0.05, 0) is 106 Å². The van der Waals surface area contributed by atoms with Crippen molar-refractivity contribution >= 4 is 0 Å². The highest BCUT2D eigenvalue weighted by Crippen LogP contribution is 3.06. The third-order valence-electron chi connectivity index (χ3n) is 14.2. The Morgan fingerprint density at radius 2 is 1.65 bits per heavy atom. The van der Waals surface area contributed by atoms with Crippen LogP contribution < -0.4 is 0 Å². The highest BCUT2D eigenvalue weighted by atomic mass is 15.0. The number of fused-ring (bicyclic) bond motifs is 5. The lowest BCUT2D eigenvalue weighted by Crippen LogP contribution is -2.78. The molecule has 0 nitrogen and oxygen atoms in total. The van der Waals surface area contributed by atoms with Crippen LogP contribution in [0.4, 0.5) is 0 Å². The summed E-state index contributed by atoms with van der Waals surface area (Å²) in [6, 6.07) is 0. The first-order valence-corrected chi connectivity index (χ1v) is 10.7. The van der Waals surface area contributed by atoms with E-state index in [1.807, 2.05) is 0 Å². The maximum atomic E-state index is 2.83. The molecular formula is C23H32. The van der Waals surface area contributed by atoms with Crippen LogP contribution in [0.25, 0.3) is 0 Å². The Balaban J connectivity index is 1.64. The molecule has 0 heteroatoms. The van der Waals surface area contributed by atoms with Gasteiger partial charge in [-0.2, -0.15) is 0 Å². The molecule has 2 spiro atoms. The fourth-order valence-electron chi connectivity index (χ4n) is 14.5. The highest BCUT2D eigenvalue weighted by Gasteiger charge is 3.00. The van der Waals surface area contributed by atoms with Gasteiger partial charge in [0.15, 0.2) is 0 Å². The molecule has 0 amide bonds. The fraction of sp³-hybridized carbons (Fsp3) is 1.00. The van der Waals surface area contributed by atoms with Crippen molar-refractivity contribution in [2.24, 2.45) is 73.9 Å². The SMILES string of the molecule is CC1C2C3C4CC56CC7(C4)C4C(CC2(C)C(C)C17C5)C3(C)C46C. The Kier molecular flexibility index (Phi) is 1.36. The van der Waals surface area contributed by atoms with Gasteiger partial charge >= 0.3 is 0 Å². The normalized spacial score (nSPS) is 88.8. The number of rotatable bonds is 0. The molecule has 0 heterocycles. The van der Waals surface area contributed by atoms with Crippen LogP contribution >= 0.6 is 0 Å². The summed E-state index contributed by atoms with van der Waals surface area (Å²) in [6.45, 7) is 14.0. The summed E-state index contributed by atoms with van der Waals surface area (Å²) in [5.74, 6) is 7.60. The van der Waals surface area contributed by atoms with Crippen LogP contribution in [0, 0.1) is 73.9 Å². The van der Waals surface area contributed by atoms with Gasteiger partial charge in [-0.3, -0.25) is 0 Å². The third kappa shape index (κ3) is 0.632. The average molecular weight is 309 g/mol. The quantitative estimate of drug-likeness (QED) is 0.564. The molecule has 0 saturated heterocycles. The lowest BCUT2D eigenvalue weighted by atomic mass is 9.21. The van der Waals surface area contributed by atoms with Gasteiger partial charge in [0, 0.05) is 0 Å². The van der Waals surface area contributed by atoms with E-state index in [-0.39, 0.29) is 0 Å². The van der Waals surface area contributed by atoms with Crippen LogP contribution in [-0.4, -0.2) is 0 Å². The number of hydrogen-bond donors (Lipinski definition) is 0. The van der Waals surface area contributed by atoms with Crippen LogP contribution in [0.3, 0.4) is 0 Å². The summed E-state index contributed by atoms with van der Waals surface area (Å²) in [7, 11) is 0. The van der Waals surface area contributed by atoms with Crippen LogP contribution in [0.15, 0.2) is 0 Å². The lowest BCUT2D eigenvalue weighted by molar-refractivity contribution is -0.357. The molecule has 7 rings (SSSR count). The zero-order chi connectivity index (χ0) is 15.6. The van der Waals surface area contributed by atoms with E-state index in [0.717, 1.165) is 68.5 Å². The van der Waals surface area contributed by atoms with Crippen LogP contribution in [-0.2, 0) is 0 Å². The molecule has 7 aliphatic rings. The molecule has 0 aliphatic heterocycles. The van der Waals surface area contributed by atoms with E-state index in [1.54, 1.807) is 32.1 Å². The lowest BCUT2D eigenvalue weighted by Gasteiger charge is -2.83. The van der Waals surface area contributed by atoms with Crippen LogP contribution in [0.1, 0.15) is 66.7 Å². The minimum absolute atomic E-state index is 0.693. The predicted octanol–water partition coefficient (Wildman–Crippen LogP) is 5.38. The molecule has 3 bridgehead atoms. The minimum atomic E-state index is 0.693. The molecule has 7 fully saturated rings. The molecule has 7 saturated carbocycles. The Labute approximate surface area is 141 Å². The predicted molar refractivity (Wildman–Crippen MR) is 90.5 cm³/mol. The Hall–Kier alpha value is 0. The molecule has 13 unspecified atom stereocenters. The van der Waals surface area contributed by atoms with Gasteiger partial charge in [-0.25, -0.2) is 0 Å². The van der Waals surface area contributed by atoms with Gasteiger partial charge in [0.1, 0.15) is 0 Å². The summed E-state index contributed by atoms with van der Waals surface area (Å²) >= 11 is 0. The third-order valence-corrected chi connectivity index (χ3v) is 14.2. The maximum Gasteiger partial charge on any atom is -0.0173 e. The molecule has 0 aromatic carbocycles. The summed E-state index contributed by atoms with van der Waals surface area (Å²) in [5, 5.41) is 0. The minimum Gasteiger partial charge on any atom is -0.0616 e. The monoisotopic (exact) mass is 308 g/mol. The van der Waals surface area contributed by atoms with Gasteiger partial charge in [-0.15, -0.1) is 0 Å². The van der Waals surface area contributed by atoms with E-state index >= 15 is 0 Å². The summed E-state index contributed by atoms with van der Waals surface area (Å²) < 4.78 is 0. The van der Waals surface area contributed by atoms with E-state index in [9.17, 15) is 0 Å². The van der Waals surface area contributed by atoms with Crippen molar-refractivity contribution in [3.63, 3.8) is 0 Å². The highest BCUT2D eigenvalue weighted by molar-refractivity contribution is 5.48. The van der Waals surface area contributed by atoms with Crippen molar-refractivity contribution in [3.05, 3.63) is 0 Å². The van der Waals surface area contributed by atoms with Crippen LogP contribution in [0.2, 0.25) is 0 Å². The van der Waals surface area contributed by atoms with E-state index in [2.05, 4.69) is 34.6 Å². The first-order valence-electron chi connectivity index (χ1n) is 10.7. The molecule has 23 heavy (non-hydrogen) atoms. The zero-order valence-corrected chi connectivity index (χ0v) is 15.6. The fourth-order valence-corrected chi connectivity index (χ4v) is 14.5. The van der Waals surface area contributed by atoms with Gasteiger partial charge in [0.05, 0.1) is 0 Å². The van der Waals surface area contributed by atoms with E-state index in [1.165, 1.54) is 0 Å². The molecule has 7 aliphatic carbocycles. The standard InChI is InChI=1S/C23H32/c1-11-15-16-13-6-21-9-22(7-13)17-14(19(16,4)20(17,21)5)8-18(15,3)12(2)23(11,22)10-21/h11-17H,6-10H2,1-5H3. The van der Waals surface area contributed by atoms with Crippen molar-refractivity contribution in [2.75, 3.05) is 0 Å². The van der Waals surface area contributed by atoms with E-state index in [0.29, 0.717) is 5.41 Å². The van der Waals surface area contributed by atoms with Gasteiger partial charge in [0.2, 0.25) is 0 Å². The molecular weight excluding hydrogens is 276 g/mol. The van der Waals surface area contributed by atoms with Crippen molar-refractivity contribution in [3.8, 4) is 0 Å². The molecule has 0 aromatic heterocycles. The zero-order valence-electron chi connectivity index (χ0n) is 15.6. The van der Waals surface area contributed by atoms with Crippen molar-refractivity contribution in [1.29, 1.82) is 0 Å². The smallest absolute Gasteiger partial charge is 0.0173 e. The average Bonchev–Trinajstić information content (AvgIpc) is 2.81. The van der Waals surface area contributed by atoms with Crippen molar-refractivity contribution in [1.82, 2.24) is 0 Å². The second kappa shape index (κ2) is 2.52. The largest absolute Gasteiger partial charge is 0.0616 e. The van der Waals surface area contributed by atoms with Gasteiger partial charge in [-0.1, -0.05) is 34.6 Å². The Morgan fingerprint density at radius 3 is 2.43 bits per heavy atom. The molecule has 0 aromatic rings. The van der Waals surface area contributed by atoms with Gasteiger partial charge in [0.25, 0.3) is 0 Å². The summed E-state index contributed by atoms with van der Waals surface area (Å²) in [4.78, 5) is 0. The van der Waals surface area contributed by atoms with E-state index < -0.39 is 0 Å². The Morgan fingerprint density at radius 1 is 0.870 bits per heavy atom. The van der Waals surface area contributed by atoms with Crippen molar-refractivity contribution in [2.45, 2.75) is 66.7 Å². The second-order valence-corrected chi connectivity index (χ2v) is 12.8.